The smallest absolute Gasteiger partial charge is 0.191 e. The maximum absolute atomic E-state index is 5.58. The van der Waals surface area contributed by atoms with E-state index in [1.165, 1.54) is 0 Å². The summed E-state index contributed by atoms with van der Waals surface area (Å²) in [6.45, 7) is 3.32. The summed E-state index contributed by atoms with van der Waals surface area (Å²) in [5, 5.41) is 9.08. The average molecular weight is 238 g/mol. The SMILES string of the molecule is CCn1c(CN)nnc1SCc1ccoc1. The molecule has 0 atom stereocenters. The van der Waals surface area contributed by atoms with Crippen LogP contribution in [0.4, 0.5) is 0 Å². The van der Waals surface area contributed by atoms with Gasteiger partial charge in [-0.2, -0.15) is 0 Å². The number of nitrogens with zero attached hydrogens (tertiary/aromatic N) is 3. The molecule has 0 aliphatic heterocycles. The summed E-state index contributed by atoms with van der Waals surface area (Å²) in [6, 6.07) is 1.95. The van der Waals surface area contributed by atoms with E-state index in [-0.39, 0.29) is 0 Å². The molecule has 2 aromatic heterocycles. The predicted molar refractivity (Wildman–Crippen MR) is 61.9 cm³/mol. The summed E-state index contributed by atoms with van der Waals surface area (Å²) < 4.78 is 7.04. The molecule has 2 heterocycles. The first kappa shape index (κ1) is 11.2. The predicted octanol–water partition coefficient (Wildman–Crippen LogP) is 1.64. The van der Waals surface area contributed by atoms with Gasteiger partial charge in [0.1, 0.15) is 5.82 Å². The maximum atomic E-state index is 5.58. The van der Waals surface area contributed by atoms with Gasteiger partial charge in [-0.05, 0) is 13.0 Å². The monoisotopic (exact) mass is 238 g/mol. The first-order valence-corrected chi connectivity index (χ1v) is 6.09. The van der Waals surface area contributed by atoms with Crippen LogP contribution in [0.5, 0.6) is 0 Å². The van der Waals surface area contributed by atoms with Crippen molar-refractivity contribution in [3.05, 3.63) is 30.0 Å². The Hall–Kier alpha value is -1.27. The molecule has 2 aromatic rings. The van der Waals surface area contributed by atoms with Crippen LogP contribution in [0.3, 0.4) is 0 Å². The van der Waals surface area contributed by atoms with E-state index in [4.69, 9.17) is 10.2 Å². The molecule has 6 heteroatoms. The lowest BCUT2D eigenvalue weighted by Crippen LogP contribution is -2.07. The van der Waals surface area contributed by atoms with Crippen molar-refractivity contribution in [2.24, 2.45) is 5.73 Å². The number of rotatable bonds is 5. The van der Waals surface area contributed by atoms with Crippen LogP contribution < -0.4 is 5.73 Å². The molecule has 0 fully saturated rings. The molecule has 0 bridgehead atoms. The highest BCUT2D eigenvalue weighted by Gasteiger charge is 2.09. The van der Waals surface area contributed by atoms with Crippen LogP contribution in [0.2, 0.25) is 0 Å². The highest BCUT2D eigenvalue weighted by Crippen LogP contribution is 2.21. The van der Waals surface area contributed by atoms with Gasteiger partial charge in [-0.1, -0.05) is 11.8 Å². The second kappa shape index (κ2) is 5.18. The van der Waals surface area contributed by atoms with E-state index in [0.29, 0.717) is 6.54 Å². The highest BCUT2D eigenvalue weighted by atomic mass is 32.2. The molecule has 0 amide bonds. The van der Waals surface area contributed by atoms with Crippen LogP contribution in [0.15, 0.2) is 28.2 Å². The molecular formula is C10H14N4OS. The zero-order chi connectivity index (χ0) is 11.4. The molecule has 0 aromatic carbocycles. The van der Waals surface area contributed by atoms with Crippen LogP contribution in [0, 0.1) is 0 Å². The molecule has 0 spiro atoms. The number of hydrogen-bond donors (Lipinski definition) is 1. The summed E-state index contributed by atoms with van der Waals surface area (Å²) >= 11 is 1.64. The average Bonchev–Trinajstić information content (AvgIpc) is 2.94. The number of hydrogen-bond acceptors (Lipinski definition) is 5. The topological polar surface area (TPSA) is 69.9 Å². The third-order valence-corrected chi connectivity index (χ3v) is 3.28. The molecular weight excluding hydrogens is 224 g/mol. The van der Waals surface area contributed by atoms with Crippen LogP contribution in [-0.2, 0) is 18.8 Å². The Morgan fingerprint density at radius 3 is 3.00 bits per heavy atom. The van der Waals surface area contributed by atoms with E-state index < -0.39 is 0 Å². The van der Waals surface area contributed by atoms with Gasteiger partial charge in [0.25, 0.3) is 0 Å². The first-order chi connectivity index (χ1) is 7.85. The minimum absolute atomic E-state index is 0.424. The summed E-state index contributed by atoms with van der Waals surface area (Å²) in [5.41, 5.74) is 6.73. The zero-order valence-corrected chi connectivity index (χ0v) is 9.91. The van der Waals surface area contributed by atoms with Crippen LogP contribution in [0.1, 0.15) is 18.3 Å². The molecule has 16 heavy (non-hydrogen) atoms. The molecule has 86 valence electrons. The van der Waals surface area contributed by atoms with E-state index in [1.807, 2.05) is 10.6 Å². The molecule has 0 saturated heterocycles. The number of thioether (sulfide) groups is 1. The van der Waals surface area contributed by atoms with Crippen molar-refractivity contribution < 1.29 is 4.42 Å². The fraction of sp³-hybridized carbons (Fsp3) is 0.400. The van der Waals surface area contributed by atoms with Gasteiger partial charge in [-0.25, -0.2) is 0 Å². The third-order valence-electron chi connectivity index (χ3n) is 2.24. The van der Waals surface area contributed by atoms with Gasteiger partial charge in [-0.3, -0.25) is 0 Å². The number of furan rings is 1. The van der Waals surface area contributed by atoms with Crippen LogP contribution in [0.25, 0.3) is 0 Å². The van der Waals surface area contributed by atoms with Crippen molar-refractivity contribution in [2.45, 2.75) is 30.9 Å². The fourth-order valence-corrected chi connectivity index (χ4v) is 2.37. The standard InChI is InChI=1S/C10H14N4OS/c1-2-14-9(5-11)12-13-10(14)16-7-8-3-4-15-6-8/h3-4,6H,2,5,7,11H2,1H3. The molecule has 0 unspecified atom stereocenters. The maximum Gasteiger partial charge on any atom is 0.191 e. The Balaban J connectivity index is 2.06. The lowest BCUT2D eigenvalue weighted by atomic mass is 10.4. The lowest BCUT2D eigenvalue weighted by Gasteiger charge is -2.04. The Kier molecular flexibility index (Phi) is 3.63. The number of nitrogens with two attached hydrogens (primary N) is 1. The lowest BCUT2D eigenvalue weighted by molar-refractivity contribution is 0.565. The summed E-state index contributed by atoms with van der Waals surface area (Å²) in [6.07, 6.45) is 3.41. The Bertz CT molecular complexity index is 438. The normalized spacial score (nSPS) is 10.9. The van der Waals surface area contributed by atoms with Crippen LogP contribution in [-0.4, -0.2) is 14.8 Å². The van der Waals surface area contributed by atoms with Gasteiger partial charge < -0.3 is 14.7 Å². The van der Waals surface area contributed by atoms with Crippen molar-refractivity contribution in [1.29, 1.82) is 0 Å². The van der Waals surface area contributed by atoms with Crippen molar-refractivity contribution in [3.63, 3.8) is 0 Å². The first-order valence-electron chi connectivity index (χ1n) is 5.11. The van der Waals surface area contributed by atoms with Crippen molar-refractivity contribution in [2.75, 3.05) is 0 Å². The second-order valence-corrected chi connectivity index (χ2v) is 4.21. The minimum atomic E-state index is 0.424. The van der Waals surface area contributed by atoms with Crippen molar-refractivity contribution >= 4 is 11.8 Å². The largest absolute Gasteiger partial charge is 0.472 e. The van der Waals surface area contributed by atoms with E-state index in [0.717, 1.165) is 28.8 Å². The Morgan fingerprint density at radius 1 is 1.50 bits per heavy atom. The fourth-order valence-electron chi connectivity index (χ4n) is 1.42. The minimum Gasteiger partial charge on any atom is -0.472 e. The summed E-state index contributed by atoms with van der Waals surface area (Å²) in [4.78, 5) is 0. The molecule has 5 nitrogen and oxygen atoms in total. The molecule has 0 saturated carbocycles. The van der Waals surface area contributed by atoms with Crippen LogP contribution >= 0.6 is 11.8 Å². The third kappa shape index (κ3) is 2.28. The Morgan fingerprint density at radius 2 is 2.38 bits per heavy atom. The highest BCUT2D eigenvalue weighted by molar-refractivity contribution is 7.98. The van der Waals surface area contributed by atoms with E-state index in [9.17, 15) is 0 Å². The molecule has 2 N–H and O–H groups in total. The quantitative estimate of drug-likeness (QED) is 0.802. The summed E-state index contributed by atoms with van der Waals surface area (Å²) in [7, 11) is 0. The molecule has 0 aliphatic carbocycles. The van der Waals surface area contributed by atoms with Crippen molar-refractivity contribution in [1.82, 2.24) is 14.8 Å². The van der Waals surface area contributed by atoms with Gasteiger partial charge in [0, 0.05) is 17.9 Å². The number of aromatic nitrogens is 3. The Labute approximate surface area is 98.0 Å². The molecule has 0 aliphatic rings. The van der Waals surface area contributed by atoms with E-state index >= 15 is 0 Å². The van der Waals surface area contributed by atoms with Crippen molar-refractivity contribution in [3.8, 4) is 0 Å². The molecule has 2 rings (SSSR count). The van der Waals surface area contributed by atoms with Gasteiger partial charge in [0.2, 0.25) is 0 Å². The van der Waals surface area contributed by atoms with Gasteiger partial charge in [0.05, 0.1) is 19.1 Å². The van der Waals surface area contributed by atoms with Gasteiger partial charge >= 0.3 is 0 Å². The van der Waals surface area contributed by atoms with Gasteiger partial charge in [0.15, 0.2) is 5.16 Å². The van der Waals surface area contributed by atoms with Gasteiger partial charge in [-0.15, -0.1) is 10.2 Å². The van der Waals surface area contributed by atoms with E-state index in [2.05, 4.69) is 17.1 Å². The summed E-state index contributed by atoms with van der Waals surface area (Å²) in [5.74, 6) is 1.66. The van der Waals surface area contributed by atoms with E-state index in [1.54, 1.807) is 24.3 Å². The second-order valence-electron chi connectivity index (χ2n) is 3.27. The zero-order valence-electron chi connectivity index (χ0n) is 9.09. The molecule has 0 radical (unpaired) electrons.